The molecular formula is C11H18N4O. The van der Waals surface area contributed by atoms with E-state index in [1.807, 2.05) is 19.9 Å². The largest absolute Gasteiger partial charge is 0.383 e. The van der Waals surface area contributed by atoms with Crippen LogP contribution in [0.2, 0.25) is 0 Å². The fourth-order valence-corrected chi connectivity index (χ4v) is 1.43. The van der Waals surface area contributed by atoms with Gasteiger partial charge in [0.25, 0.3) is 0 Å². The van der Waals surface area contributed by atoms with Crippen LogP contribution in [0.5, 0.6) is 0 Å². The summed E-state index contributed by atoms with van der Waals surface area (Å²) in [6.45, 7) is 5.28. The molecule has 0 aliphatic rings. The van der Waals surface area contributed by atoms with Crippen LogP contribution >= 0.6 is 0 Å². The average Bonchev–Trinajstić information content (AvgIpc) is 2.64. The van der Waals surface area contributed by atoms with E-state index < -0.39 is 0 Å². The molecule has 0 spiro atoms. The van der Waals surface area contributed by atoms with Crippen molar-refractivity contribution in [2.24, 2.45) is 5.73 Å². The van der Waals surface area contributed by atoms with E-state index >= 15 is 0 Å². The summed E-state index contributed by atoms with van der Waals surface area (Å²) in [6.07, 6.45) is 1.78. The van der Waals surface area contributed by atoms with Crippen LogP contribution in [0.3, 0.4) is 0 Å². The highest BCUT2D eigenvalue weighted by Gasteiger charge is 2.02. The minimum atomic E-state index is 0.622. The zero-order valence-corrected chi connectivity index (χ0v) is 9.95. The Morgan fingerprint density at radius 3 is 2.69 bits per heavy atom. The van der Waals surface area contributed by atoms with Crippen molar-refractivity contribution < 1.29 is 4.74 Å². The van der Waals surface area contributed by atoms with E-state index in [1.165, 1.54) is 0 Å². The number of methoxy groups -OCH3 is 1. The second-order valence-corrected chi connectivity index (χ2v) is 3.42. The molecule has 0 atom stereocenters. The maximum atomic E-state index is 5.01. The van der Waals surface area contributed by atoms with Gasteiger partial charge in [-0.25, -0.2) is 0 Å². The summed E-state index contributed by atoms with van der Waals surface area (Å²) in [5.74, 6) is 0. The quantitative estimate of drug-likeness (QED) is 0.799. The molecule has 5 nitrogen and oxygen atoms in total. The van der Waals surface area contributed by atoms with E-state index in [2.05, 4.69) is 19.9 Å². The number of ether oxygens (including phenoxy) is 1. The number of H-pyrrole nitrogens is 1. The predicted octanol–water partition coefficient (Wildman–Crippen LogP) is 1.17. The van der Waals surface area contributed by atoms with E-state index in [-0.39, 0.29) is 0 Å². The first kappa shape index (κ1) is 12.6. The number of nitrogens with zero attached hydrogens (tertiary/aromatic N) is 2. The lowest BCUT2D eigenvalue weighted by atomic mass is 10.2. The maximum Gasteiger partial charge on any atom is 0.0957 e. The molecule has 88 valence electrons. The Kier molecular flexibility index (Phi) is 4.88. The van der Waals surface area contributed by atoms with Gasteiger partial charge in [0.2, 0.25) is 0 Å². The number of rotatable bonds is 2. The molecule has 2 rings (SSSR count). The van der Waals surface area contributed by atoms with Crippen molar-refractivity contribution in [2.75, 3.05) is 20.3 Å². The number of aromatic amines is 1. The topological polar surface area (TPSA) is 76.8 Å². The molecule has 0 saturated carbocycles. The van der Waals surface area contributed by atoms with Crippen LogP contribution in [0, 0.1) is 13.8 Å². The second-order valence-electron chi connectivity index (χ2n) is 3.42. The van der Waals surface area contributed by atoms with Gasteiger partial charge in [0.1, 0.15) is 0 Å². The van der Waals surface area contributed by atoms with Gasteiger partial charge in [-0.2, -0.15) is 5.10 Å². The molecule has 5 heteroatoms. The molecule has 0 aliphatic carbocycles. The Morgan fingerprint density at radius 2 is 2.19 bits per heavy atom. The van der Waals surface area contributed by atoms with Crippen LogP contribution in [-0.4, -0.2) is 35.4 Å². The van der Waals surface area contributed by atoms with Crippen molar-refractivity contribution in [3.63, 3.8) is 0 Å². The Hall–Kier alpha value is -1.46. The van der Waals surface area contributed by atoms with Gasteiger partial charge in [0.15, 0.2) is 0 Å². The van der Waals surface area contributed by atoms with Crippen molar-refractivity contribution >= 4 is 10.9 Å². The Labute approximate surface area is 95.0 Å². The predicted molar refractivity (Wildman–Crippen MR) is 64.3 cm³/mol. The number of nitrogens with one attached hydrogen (secondary N) is 1. The number of aromatic nitrogens is 3. The lowest BCUT2D eigenvalue weighted by molar-refractivity contribution is 0.207. The van der Waals surface area contributed by atoms with Gasteiger partial charge in [-0.1, -0.05) is 0 Å². The first-order valence-corrected chi connectivity index (χ1v) is 5.16. The summed E-state index contributed by atoms with van der Waals surface area (Å²) in [7, 11) is 1.63. The Morgan fingerprint density at radius 1 is 1.44 bits per heavy atom. The molecule has 0 aromatic carbocycles. The summed E-state index contributed by atoms with van der Waals surface area (Å²) in [6, 6.07) is 1.91. The smallest absolute Gasteiger partial charge is 0.0957 e. The number of nitrogens with two attached hydrogens (primary N) is 1. The van der Waals surface area contributed by atoms with Gasteiger partial charge in [-0.05, 0) is 19.9 Å². The third-order valence-electron chi connectivity index (χ3n) is 2.16. The van der Waals surface area contributed by atoms with Gasteiger partial charge in [0.05, 0.1) is 12.1 Å². The number of hydrogen-bond acceptors (Lipinski definition) is 4. The zero-order valence-electron chi connectivity index (χ0n) is 9.95. The SMILES string of the molecule is COCCN.Cc1nccc2n[nH]c(C)c12. The van der Waals surface area contributed by atoms with Gasteiger partial charge in [0, 0.05) is 36.6 Å². The minimum absolute atomic E-state index is 0.622. The Balaban J connectivity index is 0.000000221. The van der Waals surface area contributed by atoms with E-state index in [4.69, 9.17) is 5.73 Å². The van der Waals surface area contributed by atoms with Crippen molar-refractivity contribution in [3.8, 4) is 0 Å². The molecule has 0 unspecified atom stereocenters. The molecule has 0 radical (unpaired) electrons. The normalized spacial score (nSPS) is 10.0. The van der Waals surface area contributed by atoms with Crippen LogP contribution in [-0.2, 0) is 4.74 Å². The Bertz CT molecular complexity index is 436. The second kappa shape index (κ2) is 6.19. The molecule has 0 fully saturated rings. The summed E-state index contributed by atoms with van der Waals surface area (Å²) < 4.78 is 4.57. The summed E-state index contributed by atoms with van der Waals surface area (Å²) >= 11 is 0. The number of pyridine rings is 1. The van der Waals surface area contributed by atoms with Crippen molar-refractivity contribution in [1.82, 2.24) is 15.2 Å². The van der Waals surface area contributed by atoms with E-state index in [1.54, 1.807) is 13.3 Å². The first-order chi connectivity index (χ1) is 7.70. The summed E-state index contributed by atoms with van der Waals surface area (Å²) in [5, 5.41) is 8.19. The molecule has 2 heterocycles. The third kappa shape index (κ3) is 3.01. The standard InChI is InChI=1S/C8H9N3.C3H9NO/c1-5-8-6(2)10-11-7(8)3-4-9-5;1-5-3-2-4/h3-4H,1-2H3,(H,10,11);2-4H2,1H3. The highest BCUT2D eigenvalue weighted by Crippen LogP contribution is 2.16. The number of hydrogen-bond donors (Lipinski definition) is 2. The van der Waals surface area contributed by atoms with Gasteiger partial charge in [-0.3, -0.25) is 10.1 Å². The number of fused-ring (bicyclic) bond motifs is 1. The summed E-state index contributed by atoms with van der Waals surface area (Å²) in [4.78, 5) is 4.18. The number of aryl methyl sites for hydroxylation is 2. The fourth-order valence-electron chi connectivity index (χ4n) is 1.43. The van der Waals surface area contributed by atoms with Gasteiger partial charge < -0.3 is 10.5 Å². The fraction of sp³-hybridized carbons (Fsp3) is 0.455. The molecule has 0 bridgehead atoms. The van der Waals surface area contributed by atoms with Crippen molar-refractivity contribution in [3.05, 3.63) is 23.7 Å². The van der Waals surface area contributed by atoms with Crippen LogP contribution in [0.25, 0.3) is 10.9 Å². The van der Waals surface area contributed by atoms with Gasteiger partial charge in [-0.15, -0.1) is 0 Å². The molecule has 0 saturated heterocycles. The molecule has 0 amide bonds. The lowest BCUT2D eigenvalue weighted by Crippen LogP contribution is -2.05. The maximum absolute atomic E-state index is 5.01. The van der Waals surface area contributed by atoms with Gasteiger partial charge >= 0.3 is 0 Å². The molecule has 0 aliphatic heterocycles. The average molecular weight is 222 g/mol. The molecule has 3 N–H and O–H groups in total. The van der Waals surface area contributed by atoms with Crippen molar-refractivity contribution in [1.29, 1.82) is 0 Å². The minimum Gasteiger partial charge on any atom is -0.383 e. The van der Waals surface area contributed by atoms with E-state index in [0.29, 0.717) is 13.2 Å². The highest BCUT2D eigenvalue weighted by atomic mass is 16.5. The molecule has 2 aromatic heterocycles. The van der Waals surface area contributed by atoms with Crippen LogP contribution < -0.4 is 5.73 Å². The first-order valence-electron chi connectivity index (χ1n) is 5.16. The van der Waals surface area contributed by atoms with Crippen LogP contribution in [0.1, 0.15) is 11.4 Å². The van der Waals surface area contributed by atoms with E-state index in [9.17, 15) is 0 Å². The lowest BCUT2D eigenvalue weighted by Gasteiger charge is -1.92. The van der Waals surface area contributed by atoms with E-state index in [0.717, 1.165) is 22.3 Å². The highest BCUT2D eigenvalue weighted by molar-refractivity contribution is 5.82. The third-order valence-corrected chi connectivity index (χ3v) is 2.16. The monoisotopic (exact) mass is 222 g/mol. The van der Waals surface area contributed by atoms with Crippen LogP contribution in [0.15, 0.2) is 12.3 Å². The zero-order chi connectivity index (χ0) is 12.0. The molecule has 16 heavy (non-hydrogen) atoms. The van der Waals surface area contributed by atoms with Crippen molar-refractivity contribution in [2.45, 2.75) is 13.8 Å². The van der Waals surface area contributed by atoms with Crippen LogP contribution in [0.4, 0.5) is 0 Å². The molecule has 2 aromatic rings. The molecular weight excluding hydrogens is 204 g/mol. The summed E-state index contributed by atoms with van der Waals surface area (Å²) in [5.41, 5.74) is 8.13.